The smallest absolute Gasteiger partial charge is 0.227 e. The highest BCUT2D eigenvalue weighted by Crippen LogP contribution is 2.38. The first kappa shape index (κ1) is 24.3. The Morgan fingerprint density at radius 1 is 1.08 bits per heavy atom. The number of carbonyl (C=O) groups is 1. The molecular formula is C28H30N4O3S2. The van der Waals surface area contributed by atoms with Crippen LogP contribution >= 0.6 is 22.7 Å². The fraction of sp³-hybridized carbons (Fsp3) is 0.393. The van der Waals surface area contributed by atoms with E-state index in [9.17, 15) is 4.79 Å². The summed E-state index contributed by atoms with van der Waals surface area (Å²) < 4.78 is 11.2. The van der Waals surface area contributed by atoms with Crippen molar-refractivity contribution in [2.75, 3.05) is 44.3 Å². The van der Waals surface area contributed by atoms with Crippen molar-refractivity contribution in [1.82, 2.24) is 15.0 Å². The maximum atomic E-state index is 12.7. The molecule has 1 amide bonds. The van der Waals surface area contributed by atoms with Crippen LogP contribution in [0.1, 0.15) is 34.4 Å². The van der Waals surface area contributed by atoms with Gasteiger partial charge >= 0.3 is 0 Å². The molecule has 192 valence electrons. The summed E-state index contributed by atoms with van der Waals surface area (Å²) in [6.45, 7) is 6.81. The SMILES string of the molecule is Cc1onc(-c2cccc(N3CCOCC3)c2)c1-c1csc(C2CCN(C(=O)Cc3cccs3)CC2)n1. The van der Waals surface area contributed by atoms with Gasteiger partial charge in [-0.3, -0.25) is 4.79 Å². The molecule has 37 heavy (non-hydrogen) atoms. The van der Waals surface area contributed by atoms with Gasteiger partial charge in [-0.15, -0.1) is 22.7 Å². The van der Waals surface area contributed by atoms with Crippen molar-refractivity contribution in [2.24, 2.45) is 0 Å². The van der Waals surface area contributed by atoms with Gasteiger partial charge < -0.3 is 19.1 Å². The molecule has 2 aliphatic rings. The first-order valence-corrected chi connectivity index (χ1v) is 14.6. The number of morpholine rings is 1. The lowest BCUT2D eigenvalue weighted by Crippen LogP contribution is -2.38. The van der Waals surface area contributed by atoms with Gasteiger partial charge in [0.15, 0.2) is 0 Å². The Bertz CT molecular complexity index is 1350. The number of ether oxygens (including phenoxy) is 1. The maximum Gasteiger partial charge on any atom is 0.227 e. The summed E-state index contributed by atoms with van der Waals surface area (Å²) >= 11 is 3.35. The number of anilines is 1. The van der Waals surface area contributed by atoms with Crippen molar-refractivity contribution in [3.8, 4) is 22.5 Å². The Kier molecular flexibility index (Phi) is 7.08. The van der Waals surface area contributed by atoms with Gasteiger partial charge in [0.1, 0.15) is 11.5 Å². The number of benzene rings is 1. The highest BCUT2D eigenvalue weighted by molar-refractivity contribution is 7.10. The van der Waals surface area contributed by atoms with E-state index in [1.165, 1.54) is 5.69 Å². The number of likely N-dealkylation sites (tertiary alicyclic amines) is 1. The topological polar surface area (TPSA) is 71.7 Å². The van der Waals surface area contributed by atoms with Gasteiger partial charge in [0.2, 0.25) is 5.91 Å². The van der Waals surface area contributed by atoms with Crippen LogP contribution in [0.25, 0.3) is 22.5 Å². The predicted molar refractivity (Wildman–Crippen MR) is 147 cm³/mol. The maximum absolute atomic E-state index is 12.7. The van der Waals surface area contributed by atoms with E-state index in [-0.39, 0.29) is 5.91 Å². The van der Waals surface area contributed by atoms with Crippen molar-refractivity contribution in [3.05, 3.63) is 62.8 Å². The number of nitrogens with zero attached hydrogens (tertiary/aromatic N) is 4. The number of piperidine rings is 1. The molecule has 3 aromatic heterocycles. The average molecular weight is 535 g/mol. The molecule has 2 fully saturated rings. The molecule has 0 unspecified atom stereocenters. The zero-order chi connectivity index (χ0) is 25.2. The molecule has 5 heterocycles. The van der Waals surface area contributed by atoms with E-state index in [1.807, 2.05) is 29.3 Å². The van der Waals surface area contributed by atoms with Crippen LogP contribution in [0.5, 0.6) is 0 Å². The summed E-state index contributed by atoms with van der Waals surface area (Å²) in [5, 5.41) is 9.72. The zero-order valence-corrected chi connectivity index (χ0v) is 22.5. The lowest BCUT2D eigenvalue weighted by molar-refractivity contribution is -0.131. The number of hydrogen-bond acceptors (Lipinski definition) is 8. The summed E-state index contributed by atoms with van der Waals surface area (Å²) in [6.07, 6.45) is 2.40. The molecular weight excluding hydrogens is 504 g/mol. The first-order valence-electron chi connectivity index (χ1n) is 12.8. The van der Waals surface area contributed by atoms with Gasteiger partial charge in [0, 0.05) is 53.6 Å². The Labute approximate surface area is 224 Å². The van der Waals surface area contributed by atoms with Crippen LogP contribution in [-0.2, 0) is 16.0 Å². The van der Waals surface area contributed by atoms with Crippen molar-refractivity contribution in [2.45, 2.75) is 32.1 Å². The molecule has 1 aromatic carbocycles. The van der Waals surface area contributed by atoms with Crippen molar-refractivity contribution < 1.29 is 14.1 Å². The molecule has 0 radical (unpaired) electrons. The van der Waals surface area contributed by atoms with Gasteiger partial charge in [-0.05, 0) is 43.3 Å². The highest BCUT2D eigenvalue weighted by atomic mass is 32.1. The Morgan fingerprint density at radius 3 is 2.70 bits per heavy atom. The van der Waals surface area contributed by atoms with E-state index in [2.05, 4.69) is 39.7 Å². The molecule has 9 heteroatoms. The largest absolute Gasteiger partial charge is 0.378 e. The summed E-state index contributed by atoms with van der Waals surface area (Å²) in [6, 6.07) is 12.5. The summed E-state index contributed by atoms with van der Waals surface area (Å²) in [5.74, 6) is 1.38. The van der Waals surface area contributed by atoms with Gasteiger partial charge in [0.25, 0.3) is 0 Å². The van der Waals surface area contributed by atoms with Crippen LogP contribution < -0.4 is 4.90 Å². The number of rotatable bonds is 6. The monoisotopic (exact) mass is 534 g/mol. The number of hydrogen-bond donors (Lipinski definition) is 0. The van der Waals surface area contributed by atoms with Crippen LogP contribution in [0.3, 0.4) is 0 Å². The number of thiazole rings is 1. The summed E-state index contributed by atoms with van der Waals surface area (Å²) in [5.41, 5.74) is 4.92. The Hall–Kier alpha value is -3.01. The molecule has 2 aliphatic heterocycles. The average Bonchev–Trinajstić information content (AvgIpc) is 3.71. The number of aromatic nitrogens is 2. The Balaban J connectivity index is 1.17. The molecule has 0 atom stereocenters. The lowest BCUT2D eigenvalue weighted by Gasteiger charge is -2.31. The third-order valence-corrected chi connectivity index (χ3v) is 9.12. The number of amides is 1. The molecule has 6 rings (SSSR count). The van der Waals surface area contributed by atoms with Gasteiger partial charge in [-0.25, -0.2) is 4.98 Å². The first-order chi connectivity index (χ1) is 18.2. The second kappa shape index (κ2) is 10.8. The molecule has 4 aromatic rings. The van der Waals surface area contributed by atoms with E-state index in [0.29, 0.717) is 12.3 Å². The third kappa shape index (κ3) is 5.21. The van der Waals surface area contributed by atoms with Gasteiger partial charge in [0.05, 0.1) is 35.9 Å². The lowest BCUT2D eigenvalue weighted by atomic mass is 9.97. The second-order valence-electron chi connectivity index (χ2n) is 9.59. The van der Waals surface area contributed by atoms with Crippen molar-refractivity contribution in [1.29, 1.82) is 0 Å². The van der Waals surface area contributed by atoms with Crippen LogP contribution in [0.4, 0.5) is 5.69 Å². The number of aryl methyl sites for hydroxylation is 1. The van der Waals surface area contributed by atoms with E-state index >= 15 is 0 Å². The number of carbonyl (C=O) groups excluding carboxylic acids is 1. The highest BCUT2D eigenvalue weighted by Gasteiger charge is 2.27. The van der Waals surface area contributed by atoms with Crippen LogP contribution in [-0.4, -0.2) is 60.3 Å². The fourth-order valence-electron chi connectivity index (χ4n) is 5.18. The van der Waals surface area contributed by atoms with E-state index in [1.54, 1.807) is 22.7 Å². The number of thiophene rings is 1. The van der Waals surface area contributed by atoms with E-state index in [0.717, 1.165) is 90.4 Å². The van der Waals surface area contributed by atoms with E-state index < -0.39 is 0 Å². The fourth-order valence-corrected chi connectivity index (χ4v) is 6.86. The Morgan fingerprint density at radius 2 is 1.92 bits per heavy atom. The molecule has 7 nitrogen and oxygen atoms in total. The molecule has 0 aliphatic carbocycles. The minimum Gasteiger partial charge on any atom is -0.378 e. The normalized spacial score (nSPS) is 16.9. The summed E-state index contributed by atoms with van der Waals surface area (Å²) in [7, 11) is 0. The zero-order valence-electron chi connectivity index (χ0n) is 20.9. The minimum atomic E-state index is 0.227. The molecule has 2 saturated heterocycles. The van der Waals surface area contributed by atoms with Gasteiger partial charge in [-0.1, -0.05) is 23.4 Å². The third-order valence-electron chi connectivity index (χ3n) is 7.24. The molecule has 0 spiro atoms. The van der Waals surface area contributed by atoms with Crippen molar-refractivity contribution in [3.63, 3.8) is 0 Å². The van der Waals surface area contributed by atoms with Crippen molar-refractivity contribution >= 4 is 34.3 Å². The standard InChI is InChI=1S/C28H30N4O3S2/c1-19-26(27(30-35-19)21-4-2-5-22(16-21)31-11-13-34-14-12-31)24-18-37-28(29-24)20-7-9-32(10-8-20)25(33)17-23-6-3-15-36-23/h2-6,15-16,18,20H,7-14,17H2,1H3. The second-order valence-corrected chi connectivity index (χ2v) is 11.5. The minimum absolute atomic E-state index is 0.227. The van der Waals surface area contributed by atoms with Crippen LogP contribution in [0.15, 0.2) is 51.7 Å². The molecule has 0 bridgehead atoms. The molecule has 0 saturated carbocycles. The van der Waals surface area contributed by atoms with Crippen LogP contribution in [0, 0.1) is 6.92 Å². The quantitative estimate of drug-likeness (QED) is 0.320. The molecule has 0 N–H and O–H groups in total. The predicted octanol–water partition coefficient (Wildman–Crippen LogP) is 5.62. The van der Waals surface area contributed by atoms with E-state index in [4.69, 9.17) is 14.2 Å². The van der Waals surface area contributed by atoms with Crippen LogP contribution in [0.2, 0.25) is 0 Å². The van der Waals surface area contributed by atoms with Gasteiger partial charge in [-0.2, -0.15) is 0 Å². The summed E-state index contributed by atoms with van der Waals surface area (Å²) in [4.78, 5) is 23.2.